The first-order chi connectivity index (χ1) is 13.9. The van der Waals surface area contributed by atoms with Gasteiger partial charge in [0.2, 0.25) is 5.91 Å². The van der Waals surface area contributed by atoms with E-state index in [1.807, 2.05) is 0 Å². The second-order valence-corrected chi connectivity index (χ2v) is 6.76. The lowest BCUT2D eigenvalue weighted by Crippen LogP contribution is -2.39. The molecule has 2 N–H and O–H groups in total. The Kier molecular flexibility index (Phi) is 6.70. The van der Waals surface area contributed by atoms with Crippen LogP contribution in [0.1, 0.15) is 12.8 Å². The van der Waals surface area contributed by atoms with Crippen molar-refractivity contribution in [3.63, 3.8) is 0 Å². The molecular weight excluding hydrogens is 393 g/mol. The van der Waals surface area contributed by atoms with Gasteiger partial charge in [-0.15, -0.1) is 0 Å². The molecule has 4 amide bonds. The van der Waals surface area contributed by atoms with E-state index < -0.39 is 47.0 Å². The number of nitrogens with zero attached hydrogens (tertiary/aromatic N) is 2. The number of carbonyl (C=O) groups excluding carboxylic acids is 3. The molecule has 0 bridgehead atoms. The SMILES string of the molecule is O=C(CC1NC(=O)N(c2cc(F)c(F)c(F)c2)C1=O)NCCCN1CCOCC1. The van der Waals surface area contributed by atoms with E-state index in [1.165, 1.54) is 0 Å². The van der Waals surface area contributed by atoms with Crippen LogP contribution >= 0.6 is 0 Å². The number of imide groups is 1. The molecule has 29 heavy (non-hydrogen) atoms. The number of nitrogens with one attached hydrogen (secondary N) is 2. The van der Waals surface area contributed by atoms with Crippen LogP contribution in [0.2, 0.25) is 0 Å². The lowest BCUT2D eigenvalue weighted by atomic mass is 10.2. The van der Waals surface area contributed by atoms with Gasteiger partial charge in [0.15, 0.2) is 17.5 Å². The van der Waals surface area contributed by atoms with Crippen LogP contribution < -0.4 is 15.5 Å². The van der Waals surface area contributed by atoms with Crippen LogP contribution in [0.15, 0.2) is 12.1 Å². The fraction of sp³-hybridized carbons (Fsp3) is 0.500. The molecule has 2 saturated heterocycles. The molecule has 11 heteroatoms. The minimum atomic E-state index is -1.70. The lowest BCUT2D eigenvalue weighted by Gasteiger charge is -2.26. The fourth-order valence-corrected chi connectivity index (χ4v) is 3.20. The molecule has 2 aliphatic heterocycles. The first-order valence-electron chi connectivity index (χ1n) is 9.22. The van der Waals surface area contributed by atoms with Crippen molar-refractivity contribution in [2.75, 3.05) is 44.3 Å². The number of carbonyl (C=O) groups is 3. The van der Waals surface area contributed by atoms with E-state index in [0.29, 0.717) is 36.8 Å². The Balaban J connectivity index is 1.49. The number of rotatable bonds is 7. The first-order valence-corrected chi connectivity index (χ1v) is 9.22. The number of ether oxygens (including phenoxy) is 1. The Morgan fingerprint density at radius 1 is 1.17 bits per heavy atom. The summed E-state index contributed by atoms with van der Waals surface area (Å²) in [7, 11) is 0. The number of urea groups is 1. The van der Waals surface area contributed by atoms with Gasteiger partial charge in [0.1, 0.15) is 6.04 Å². The Morgan fingerprint density at radius 2 is 1.83 bits per heavy atom. The highest BCUT2D eigenvalue weighted by Gasteiger charge is 2.40. The minimum absolute atomic E-state index is 0.315. The smallest absolute Gasteiger partial charge is 0.329 e. The molecule has 0 saturated carbocycles. The summed E-state index contributed by atoms with van der Waals surface area (Å²) in [6.45, 7) is 4.28. The second-order valence-electron chi connectivity index (χ2n) is 6.76. The summed E-state index contributed by atoms with van der Waals surface area (Å²) in [5.74, 6) is -6.04. The van der Waals surface area contributed by atoms with E-state index in [0.717, 1.165) is 26.1 Å². The molecule has 1 aromatic rings. The molecule has 0 aromatic heterocycles. The van der Waals surface area contributed by atoms with Crippen LogP contribution in [0, 0.1) is 17.5 Å². The van der Waals surface area contributed by atoms with Crippen LogP contribution in [-0.2, 0) is 14.3 Å². The van der Waals surface area contributed by atoms with E-state index in [1.54, 1.807) is 0 Å². The largest absolute Gasteiger partial charge is 0.379 e. The highest BCUT2D eigenvalue weighted by molar-refractivity contribution is 6.22. The van der Waals surface area contributed by atoms with Crippen LogP contribution in [0.4, 0.5) is 23.7 Å². The van der Waals surface area contributed by atoms with Crippen molar-refractivity contribution in [1.29, 1.82) is 0 Å². The van der Waals surface area contributed by atoms with Gasteiger partial charge in [-0.2, -0.15) is 0 Å². The number of anilines is 1. The van der Waals surface area contributed by atoms with Gasteiger partial charge < -0.3 is 15.4 Å². The third kappa shape index (κ3) is 5.04. The monoisotopic (exact) mass is 414 g/mol. The Hall–Kier alpha value is -2.66. The van der Waals surface area contributed by atoms with Crippen LogP contribution in [0.5, 0.6) is 0 Å². The minimum Gasteiger partial charge on any atom is -0.379 e. The number of hydrogen-bond acceptors (Lipinski definition) is 5. The highest BCUT2D eigenvalue weighted by Crippen LogP contribution is 2.24. The summed E-state index contributed by atoms with van der Waals surface area (Å²) >= 11 is 0. The summed E-state index contributed by atoms with van der Waals surface area (Å²) in [4.78, 5) is 39.2. The third-order valence-corrected chi connectivity index (χ3v) is 4.71. The van der Waals surface area contributed by atoms with Crippen LogP contribution in [0.25, 0.3) is 0 Å². The highest BCUT2D eigenvalue weighted by atomic mass is 19.2. The summed E-state index contributed by atoms with van der Waals surface area (Å²) in [5, 5.41) is 4.97. The van der Waals surface area contributed by atoms with Gasteiger partial charge in [0, 0.05) is 31.8 Å². The van der Waals surface area contributed by atoms with Gasteiger partial charge in [0.25, 0.3) is 5.91 Å². The molecule has 0 aliphatic carbocycles. The number of halogens is 3. The van der Waals surface area contributed by atoms with Crippen molar-refractivity contribution >= 4 is 23.5 Å². The van der Waals surface area contributed by atoms with E-state index in [2.05, 4.69) is 15.5 Å². The van der Waals surface area contributed by atoms with Crippen molar-refractivity contribution in [2.24, 2.45) is 0 Å². The molecule has 1 unspecified atom stereocenters. The topological polar surface area (TPSA) is 91.0 Å². The molecule has 2 fully saturated rings. The van der Waals surface area contributed by atoms with E-state index >= 15 is 0 Å². The lowest BCUT2D eigenvalue weighted by molar-refractivity contribution is -0.125. The summed E-state index contributed by atoms with van der Waals surface area (Å²) in [6, 6.07) is -1.02. The summed E-state index contributed by atoms with van der Waals surface area (Å²) in [5.41, 5.74) is -0.447. The Labute approximate surface area is 165 Å². The molecule has 1 aromatic carbocycles. The molecule has 0 radical (unpaired) electrons. The van der Waals surface area contributed by atoms with Crippen LogP contribution in [0.3, 0.4) is 0 Å². The molecule has 8 nitrogen and oxygen atoms in total. The predicted molar refractivity (Wildman–Crippen MR) is 95.6 cm³/mol. The maximum atomic E-state index is 13.4. The average molecular weight is 414 g/mol. The van der Waals surface area contributed by atoms with E-state index in [4.69, 9.17) is 4.74 Å². The molecular formula is C18H21F3N4O4. The average Bonchev–Trinajstić information content (AvgIpc) is 2.97. The van der Waals surface area contributed by atoms with E-state index in [-0.39, 0.29) is 6.42 Å². The number of amides is 4. The van der Waals surface area contributed by atoms with Crippen molar-refractivity contribution in [3.05, 3.63) is 29.6 Å². The molecule has 2 aliphatic rings. The standard InChI is InChI=1S/C18H21F3N4O4/c19-12-8-11(9-13(20)16(12)21)25-17(27)14(23-18(25)28)10-15(26)22-2-1-3-24-4-6-29-7-5-24/h8-9,14H,1-7,10H2,(H,22,26)(H,23,28). The fourth-order valence-electron chi connectivity index (χ4n) is 3.20. The number of morpholine rings is 1. The quantitative estimate of drug-likeness (QED) is 0.391. The van der Waals surface area contributed by atoms with E-state index in [9.17, 15) is 27.6 Å². The van der Waals surface area contributed by atoms with Crippen molar-refractivity contribution < 1.29 is 32.3 Å². The van der Waals surface area contributed by atoms with Gasteiger partial charge in [-0.1, -0.05) is 0 Å². The molecule has 0 spiro atoms. The molecule has 2 heterocycles. The van der Waals surface area contributed by atoms with Gasteiger partial charge in [-0.3, -0.25) is 14.5 Å². The van der Waals surface area contributed by atoms with Gasteiger partial charge in [-0.05, 0) is 13.0 Å². The normalized spacial score (nSPS) is 20.1. The first kappa shape index (κ1) is 21.1. The van der Waals surface area contributed by atoms with Crippen molar-refractivity contribution in [3.8, 4) is 0 Å². The maximum Gasteiger partial charge on any atom is 0.329 e. The predicted octanol–water partition coefficient (Wildman–Crippen LogP) is 0.757. The summed E-state index contributed by atoms with van der Waals surface area (Å²) < 4.78 is 45.2. The second kappa shape index (κ2) is 9.23. The Bertz CT molecular complexity index is 778. The number of benzene rings is 1. The molecule has 1 atom stereocenters. The molecule has 158 valence electrons. The zero-order chi connectivity index (χ0) is 21.0. The number of hydrogen-bond donors (Lipinski definition) is 2. The zero-order valence-corrected chi connectivity index (χ0v) is 15.6. The molecule has 3 rings (SSSR count). The van der Waals surface area contributed by atoms with Gasteiger partial charge in [-0.25, -0.2) is 22.9 Å². The van der Waals surface area contributed by atoms with Gasteiger partial charge in [0.05, 0.1) is 25.3 Å². The summed E-state index contributed by atoms with van der Waals surface area (Å²) in [6.07, 6.45) is 0.405. The maximum absolute atomic E-state index is 13.4. The third-order valence-electron chi connectivity index (χ3n) is 4.71. The Morgan fingerprint density at radius 3 is 2.48 bits per heavy atom. The van der Waals surface area contributed by atoms with Gasteiger partial charge >= 0.3 is 6.03 Å². The zero-order valence-electron chi connectivity index (χ0n) is 15.6. The van der Waals surface area contributed by atoms with Crippen molar-refractivity contribution in [1.82, 2.24) is 15.5 Å². The van der Waals surface area contributed by atoms with Crippen LogP contribution in [-0.4, -0.2) is 68.2 Å². The van der Waals surface area contributed by atoms with Crippen molar-refractivity contribution in [2.45, 2.75) is 18.9 Å².